The summed E-state index contributed by atoms with van der Waals surface area (Å²) in [6.07, 6.45) is 0. The second-order valence-electron chi connectivity index (χ2n) is 5.05. The third kappa shape index (κ3) is 2.44. The summed E-state index contributed by atoms with van der Waals surface area (Å²) in [7, 11) is 3.71. The highest BCUT2D eigenvalue weighted by Crippen LogP contribution is 2.37. The largest absolute Gasteiger partial charge is 0.125 e. The van der Waals surface area contributed by atoms with E-state index in [2.05, 4.69) is 106 Å². The van der Waals surface area contributed by atoms with Gasteiger partial charge in [-0.15, -0.1) is 8.86 Å². The van der Waals surface area contributed by atoms with Crippen LogP contribution in [0.25, 0.3) is 0 Å². The summed E-state index contributed by atoms with van der Waals surface area (Å²) in [5, 5.41) is 0. The third-order valence-corrected chi connectivity index (χ3v) is 4.34. The number of benzene rings is 3. The van der Waals surface area contributed by atoms with Gasteiger partial charge in [-0.3, -0.25) is 0 Å². The molecule has 0 atom stereocenters. The topological polar surface area (TPSA) is 0 Å². The molecule has 3 rings (SSSR count). The summed E-state index contributed by atoms with van der Waals surface area (Å²) in [5.74, 6) is 2.10. The van der Waals surface area contributed by atoms with Crippen LogP contribution in [0.15, 0.2) is 91.0 Å². The molecule has 0 aliphatic carbocycles. The van der Waals surface area contributed by atoms with E-state index in [1.807, 2.05) is 0 Å². The molecular formula is C20H17P. The molecule has 0 heterocycles. The Kier molecular flexibility index (Phi) is 3.99. The second kappa shape index (κ2) is 6.08. The summed E-state index contributed by atoms with van der Waals surface area (Å²) in [6.45, 7) is 0. The molecule has 1 heteroatoms. The molecule has 102 valence electrons. The Morgan fingerprint density at radius 1 is 0.524 bits per heavy atom. The maximum Gasteiger partial charge on any atom is 0.0671 e. The van der Waals surface area contributed by atoms with E-state index in [9.17, 15) is 0 Å². The van der Waals surface area contributed by atoms with Crippen LogP contribution < -0.4 is 0 Å². The van der Waals surface area contributed by atoms with Gasteiger partial charge in [0.05, 0.1) is 5.41 Å². The number of hydrogen-bond acceptors (Lipinski definition) is 0. The molecule has 0 bridgehead atoms. The fraction of sp³-hybridized carbons (Fsp3) is 0.0500. The Labute approximate surface area is 128 Å². The molecule has 0 spiro atoms. The van der Waals surface area contributed by atoms with E-state index in [4.69, 9.17) is 0 Å². The average Bonchev–Trinajstić information content (AvgIpc) is 2.59. The van der Waals surface area contributed by atoms with Gasteiger partial charge in [0.1, 0.15) is 0 Å². The van der Waals surface area contributed by atoms with Crippen molar-refractivity contribution in [1.29, 1.82) is 0 Å². The Bertz CT molecular complexity index is 606. The van der Waals surface area contributed by atoms with Gasteiger partial charge in [0.2, 0.25) is 0 Å². The Balaban J connectivity index is 2.31. The number of rotatable bonds is 4. The minimum absolute atomic E-state index is 0.291. The lowest BCUT2D eigenvalue weighted by molar-refractivity contribution is 0.857. The fourth-order valence-electron chi connectivity index (χ4n) is 2.85. The zero-order valence-electron chi connectivity index (χ0n) is 11.7. The summed E-state index contributed by atoms with van der Waals surface area (Å²) >= 11 is 0. The molecule has 0 N–H and O–H groups in total. The maximum atomic E-state index is 3.71. The molecule has 0 fully saturated rings. The molecule has 0 saturated heterocycles. The van der Waals surface area contributed by atoms with E-state index in [1.165, 1.54) is 16.7 Å². The normalized spacial score (nSPS) is 11.0. The summed E-state index contributed by atoms with van der Waals surface area (Å²) < 4.78 is 0. The van der Waals surface area contributed by atoms with Crippen LogP contribution >= 0.6 is 8.86 Å². The molecule has 21 heavy (non-hydrogen) atoms. The quantitative estimate of drug-likeness (QED) is 0.470. The fourth-order valence-corrected chi connectivity index (χ4v) is 3.35. The van der Waals surface area contributed by atoms with Crippen molar-refractivity contribution < 1.29 is 0 Å². The van der Waals surface area contributed by atoms with Crippen molar-refractivity contribution in [2.75, 3.05) is 0 Å². The monoisotopic (exact) mass is 288 g/mol. The van der Waals surface area contributed by atoms with Crippen LogP contribution in [0.5, 0.6) is 0 Å². The lowest BCUT2D eigenvalue weighted by atomic mass is 9.71. The van der Waals surface area contributed by atoms with Crippen LogP contribution in [0.2, 0.25) is 0 Å². The molecule has 0 saturated carbocycles. The lowest BCUT2D eigenvalue weighted by Gasteiger charge is -2.32. The van der Waals surface area contributed by atoms with Crippen molar-refractivity contribution >= 4 is 14.7 Å². The second-order valence-corrected chi connectivity index (χ2v) is 5.34. The van der Waals surface area contributed by atoms with Crippen LogP contribution in [-0.2, 0) is 5.41 Å². The predicted molar refractivity (Wildman–Crippen MR) is 93.6 cm³/mol. The average molecular weight is 288 g/mol. The zero-order chi connectivity index (χ0) is 14.5. The van der Waals surface area contributed by atoms with Crippen LogP contribution in [0.4, 0.5) is 0 Å². The SMILES string of the molecule is P=CC(c1ccccc1)(c1ccccc1)c1ccccc1. The molecule has 0 aromatic heterocycles. The van der Waals surface area contributed by atoms with Crippen LogP contribution in [-0.4, -0.2) is 5.80 Å². The highest BCUT2D eigenvalue weighted by atomic mass is 31.0. The minimum Gasteiger partial charge on any atom is -0.125 e. The molecule has 0 aliphatic rings. The first kappa shape index (κ1) is 13.8. The first-order chi connectivity index (χ1) is 10.4. The van der Waals surface area contributed by atoms with E-state index in [0.717, 1.165) is 0 Å². The van der Waals surface area contributed by atoms with Crippen LogP contribution in [0, 0.1) is 0 Å². The maximum absolute atomic E-state index is 3.71. The van der Waals surface area contributed by atoms with Crippen LogP contribution in [0.1, 0.15) is 16.7 Å². The summed E-state index contributed by atoms with van der Waals surface area (Å²) in [4.78, 5) is 0. The van der Waals surface area contributed by atoms with E-state index in [1.54, 1.807) is 0 Å². The molecule has 3 aromatic rings. The molecule has 0 nitrogen and oxygen atoms in total. The Morgan fingerprint density at radius 3 is 1.05 bits per heavy atom. The van der Waals surface area contributed by atoms with Crippen molar-refractivity contribution in [3.63, 3.8) is 0 Å². The highest BCUT2D eigenvalue weighted by Gasteiger charge is 2.32. The highest BCUT2D eigenvalue weighted by molar-refractivity contribution is 7.18. The molecule has 3 aromatic carbocycles. The summed E-state index contributed by atoms with van der Waals surface area (Å²) in [5.41, 5.74) is 3.45. The first-order valence-corrected chi connectivity index (χ1v) is 7.64. The van der Waals surface area contributed by atoms with E-state index < -0.39 is 0 Å². The van der Waals surface area contributed by atoms with Crippen molar-refractivity contribution in [3.05, 3.63) is 108 Å². The Hall–Kier alpha value is -2.17. The van der Waals surface area contributed by atoms with Gasteiger partial charge >= 0.3 is 0 Å². The van der Waals surface area contributed by atoms with Gasteiger partial charge in [-0.2, -0.15) is 0 Å². The van der Waals surface area contributed by atoms with Gasteiger partial charge in [0.25, 0.3) is 0 Å². The number of hydrogen-bond donors (Lipinski definition) is 0. The molecule has 0 radical (unpaired) electrons. The standard InChI is InChI=1S/C20H17P/c21-16-20(17-10-4-1-5-11-17,18-12-6-2-7-13-18)19-14-8-3-9-15-19/h1-16,21H. The van der Waals surface area contributed by atoms with Crippen LogP contribution in [0.3, 0.4) is 0 Å². The zero-order valence-corrected chi connectivity index (χ0v) is 12.7. The van der Waals surface area contributed by atoms with Crippen molar-refractivity contribution in [2.24, 2.45) is 0 Å². The van der Waals surface area contributed by atoms with Crippen molar-refractivity contribution in [1.82, 2.24) is 0 Å². The summed E-state index contributed by atoms with van der Waals surface area (Å²) in [6, 6.07) is 31.8. The third-order valence-electron chi connectivity index (χ3n) is 3.90. The molecule has 0 amide bonds. The lowest BCUT2D eigenvalue weighted by Crippen LogP contribution is -2.30. The van der Waals surface area contributed by atoms with Crippen molar-refractivity contribution in [3.8, 4) is 0 Å². The van der Waals surface area contributed by atoms with E-state index in [0.29, 0.717) is 0 Å². The minimum atomic E-state index is -0.291. The van der Waals surface area contributed by atoms with E-state index >= 15 is 0 Å². The predicted octanol–water partition coefficient (Wildman–Crippen LogP) is 4.97. The smallest absolute Gasteiger partial charge is 0.0671 e. The van der Waals surface area contributed by atoms with Gasteiger partial charge in [-0.25, -0.2) is 0 Å². The van der Waals surface area contributed by atoms with Gasteiger partial charge in [0, 0.05) is 0 Å². The molecular weight excluding hydrogens is 271 g/mol. The van der Waals surface area contributed by atoms with Gasteiger partial charge in [0.15, 0.2) is 0 Å². The Morgan fingerprint density at radius 2 is 0.810 bits per heavy atom. The van der Waals surface area contributed by atoms with Gasteiger partial charge < -0.3 is 0 Å². The van der Waals surface area contributed by atoms with Gasteiger partial charge in [-0.1, -0.05) is 91.0 Å². The van der Waals surface area contributed by atoms with Crippen molar-refractivity contribution in [2.45, 2.75) is 5.41 Å². The first-order valence-electron chi connectivity index (χ1n) is 7.06. The van der Waals surface area contributed by atoms with E-state index in [-0.39, 0.29) is 5.41 Å². The molecule has 0 aliphatic heterocycles. The van der Waals surface area contributed by atoms with Gasteiger partial charge in [-0.05, 0) is 22.5 Å². The molecule has 0 unspecified atom stereocenters.